The molecular formula is C27H20ClNO2. The quantitative estimate of drug-likeness (QED) is 0.384. The van der Waals surface area contributed by atoms with E-state index in [1.54, 1.807) is 0 Å². The van der Waals surface area contributed by atoms with E-state index in [-0.39, 0.29) is 0 Å². The summed E-state index contributed by atoms with van der Waals surface area (Å²) in [5, 5.41) is 4.13. The Morgan fingerprint density at radius 2 is 1.35 bits per heavy atom. The Morgan fingerprint density at radius 3 is 2.13 bits per heavy atom. The van der Waals surface area contributed by atoms with Crippen LogP contribution in [0.5, 0.6) is 0 Å². The lowest BCUT2D eigenvalue weighted by atomic mass is 10.0. The highest BCUT2D eigenvalue weighted by Crippen LogP contribution is 2.53. The second-order valence-electron chi connectivity index (χ2n) is 7.81. The third-order valence-electron chi connectivity index (χ3n) is 6.00. The van der Waals surface area contributed by atoms with E-state index in [1.807, 2.05) is 36.4 Å². The van der Waals surface area contributed by atoms with Gasteiger partial charge in [-0.25, -0.2) is 0 Å². The van der Waals surface area contributed by atoms with E-state index >= 15 is 0 Å². The Morgan fingerprint density at radius 1 is 0.677 bits per heavy atom. The van der Waals surface area contributed by atoms with Gasteiger partial charge in [0.15, 0.2) is 0 Å². The number of fused-ring (bicyclic) bond motifs is 5. The maximum Gasteiger partial charge on any atom is 0.223 e. The van der Waals surface area contributed by atoms with Crippen LogP contribution in [0, 0.1) is 0 Å². The highest BCUT2D eigenvalue weighted by Gasteiger charge is 2.48. The fourth-order valence-corrected chi connectivity index (χ4v) is 4.78. The molecule has 0 amide bonds. The van der Waals surface area contributed by atoms with E-state index in [0.29, 0.717) is 18.2 Å². The number of nitrogens with one attached hydrogen (secondary N) is 1. The molecule has 1 fully saturated rings. The minimum Gasteiger partial charge on any atom is -0.354 e. The van der Waals surface area contributed by atoms with Crippen molar-refractivity contribution in [2.75, 3.05) is 18.5 Å². The lowest BCUT2D eigenvalue weighted by Gasteiger charge is -2.25. The Labute approximate surface area is 186 Å². The van der Waals surface area contributed by atoms with Gasteiger partial charge in [0, 0.05) is 16.8 Å². The number of hydrogen-bond donors (Lipinski definition) is 1. The summed E-state index contributed by atoms with van der Waals surface area (Å²) in [7, 11) is 0. The Bertz CT molecular complexity index is 1260. The Balaban J connectivity index is 1.37. The molecule has 1 heterocycles. The highest BCUT2D eigenvalue weighted by atomic mass is 35.5. The first kappa shape index (κ1) is 18.6. The molecule has 0 radical (unpaired) electrons. The molecule has 0 aromatic heterocycles. The molecule has 4 aromatic rings. The number of benzene rings is 4. The fraction of sp³-hybridized carbons (Fsp3) is 0.111. The molecule has 1 saturated heterocycles. The van der Waals surface area contributed by atoms with Crippen LogP contribution in [0.2, 0.25) is 5.02 Å². The summed E-state index contributed by atoms with van der Waals surface area (Å²) >= 11 is 6.70. The lowest BCUT2D eigenvalue weighted by molar-refractivity contribution is -0.126. The standard InChI is InChI=1S/C27H20ClNO2/c28-25-16-22-21-8-4-5-9-23(21)27(30-14-15-31-27)24(22)17-26(25)29-20-12-10-19(11-13-20)18-6-2-1-3-7-18/h1-13,16-17,29H,14-15H2. The summed E-state index contributed by atoms with van der Waals surface area (Å²) < 4.78 is 12.3. The molecule has 4 heteroatoms. The van der Waals surface area contributed by atoms with Crippen LogP contribution in [0.1, 0.15) is 11.1 Å². The molecule has 31 heavy (non-hydrogen) atoms. The van der Waals surface area contributed by atoms with Crippen molar-refractivity contribution < 1.29 is 9.47 Å². The van der Waals surface area contributed by atoms with Gasteiger partial charge in [0.25, 0.3) is 0 Å². The molecule has 152 valence electrons. The predicted octanol–water partition coefficient (Wildman–Crippen LogP) is 6.98. The molecule has 1 aliphatic carbocycles. The molecule has 4 aromatic carbocycles. The van der Waals surface area contributed by atoms with Crippen molar-refractivity contribution in [3.05, 3.63) is 107 Å². The second kappa shape index (κ2) is 7.24. The van der Waals surface area contributed by atoms with Crippen LogP contribution in [0.15, 0.2) is 91.0 Å². The van der Waals surface area contributed by atoms with Gasteiger partial charge in [0.2, 0.25) is 5.79 Å². The number of ether oxygens (including phenoxy) is 2. The summed E-state index contributed by atoms with van der Waals surface area (Å²) in [4.78, 5) is 0. The molecule has 1 N–H and O–H groups in total. The van der Waals surface area contributed by atoms with Crippen LogP contribution in [0.3, 0.4) is 0 Å². The predicted molar refractivity (Wildman–Crippen MR) is 125 cm³/mol. The summed E-state index contributed by atoms with van der Waals surface area (Å²) in [6.07, 6.45) is 0. The molecule has 1 spiro atoms. The average Bonchev–Trinajstić information content (AvgIpc) is 3.41. The molecular weight excluding hydrogens is 406 g/mol. The molecule has 0 unspecified atom stereocenters. The monoisotopic (exact) mass is 425 g/mol. The van der Waals surface area contributed by atoms with Crippen LogP contribution >= 0.6 is 11.6 Å². The van der Waals surface area contributed by atoms with Crippen molar-refractivity contribution >= 4 is 23.0 Å². The number of hydrogen-bond acceptors (Lipinski definition) is 3. The van der Waals surface area contributed by atoms with E-state index in [4.69, 9.17) is 21.1 Å². The first-order valence-corrected chi connectivity index (χ1v) is 10.8. The van der Waals surface area contributed by atoms with Crippen molar-refractivity contribution in [3.63, 3.8) is 0 Å². The van der Waals surface area contributed by atoms with E-state index in [2.05, 4.69) is 59.9 Å². The molecule has 0 atom stereocenters. The minimum absolute atomic E-state index is 0.570. The molecule has 2 aliphatic rings. The number of anilines is 2. The van der Waals surface area contributed by atoms with E-state index in [0.717, 1.165) is 33.6 Å². The van der Waals surface area contributed by atoms with Crippen molar-refractivity contribution in [1.82, 2.24) is 0 Å². The smallest absolute Gasteiger partial charge is 0.223 e. The first-order chi connectivity index (χ1) is 15.2. The van der Waals surface area contributed by atoms with Gasteiger partial charge in [-0.05, 0) is 46.5 Å². The SMILES string of the molecule is Clc1cc2c(cc1Nc1ccc(-c3ccccc3)cc1)C1(OCCO1)c1ccccc1-2. The van der Waals surface area contributed by atoms with Crippen molar-refractivity contribution in [1.29, 1.82) is 0 Å². The maximum atomic E-state index is 6.70. The Kier molecular flexibility index (Phi) is 4.35. The van der Waals surface area contributed by atoms with Gasteiger partial charge in [-0.1, -0.05) is 78.3 Å². The largest absolute Gasteiger partial charge is 0.354 e. The lowest BCUT2D eigenvalue weighted by Crippen LogP contribution is -2.25. The van der Waals surface area contributed by atoms with Crippen LogP contribution in [0.4, 0.5) is 11.4 Å². The molecule has 3 nitrogen and oxygen atoms in total. The number of halogens is 1. The van der Waals surface area contributed by atoms with E-state index in [1.165, 1.54) is 11.1 Å². The molecule has 1 aliphatic heterocycles. The first-order valence-electron chi connectivity index (χ1n) is 10.4. The van der Waals surface area contributed by atoms with Gasteiger partial charge in [-0.15, -0.1) is 0 Å². The summed E-state index contributed by atoms with van der Waals surface area (Å²) in [5.41, 5.74) is 8.39. The van der Waals surface area contributed by atoms with Crippen LogP contribution in [-0.2, 0) is 15.3 Å². The van der Waals surface area contributed by atoms with Crippen molar-refractivity contribution in [3.8, 4) is 22.3 Å². The normalized spacial score (nSPS) is 15.6. The van der Waals surface area contributed by atoms with Gasteiger partial charge in [-0.3, -0.25) is 0 Å². The summed E-state index contributed by atoms with van der Waals surface area (Å²) in [5.74, 6) is -0.843. The van der Waals surface area contributed by atoms with Crippen LogP contribution in [-0.4, -0.2) is 13.2 Å². The topological polar surface area (TPSA) is 30.5 Å². The summed E-state index contributed by atoms with van der Waals surface area (Å²) in [6, 6.07) is 31.0. The van der Waals surface area contributed by atoms with Crippen LogP contribution < -0.4 is 5.32 Å². The molecule has 0 bridgehead atoms. The van der Waals surface area contributed by atoms with Gasteiger partial charge < -0.3 is 14.8 Å². The van der Waals surface area contributed by atoms with E-state index < -0.39 is 5.79 Å². The number of rotatable bonds is 3. The van der Waals surface area contributed by atoms with E-state index in [9.17, 15) is 0 Å². The third kappa shape index (κ3) is 2.97. The molecule has 0 saturated carbocycles. The zero-order valence-corrected chi connectivity index (χ0v) is 17.5. The summed E-state index contributed by atoms with van der Waals surface area (Å²) in [6.45, 7) is 1.14. The second-order valence-corrected chi connectivity index (χ2v) is 8.21. The average molecular weight is 426 g/mol. The fourth-order valence-electron chi connectivity index (χ4n) is 4.57. The van der Waals surface area contributed by atoms with Gasteiger partial charge in [0.05, 0.1) is 23.9 Å². The third-order valence-corrected chi connectivity index (χ3v) is 6.31. The Hall–Kier alpha value is -3.11. The van der Waals surface area contributed by atoms with Gasteiger partial charge >= 0.3 is 0 Å². The van der Waals surface area contributed by atoms with Crippen molar-refractivity contribution in [2.24, 2.45) is 0 Å². The van der Waals surface area contributed by atoms with Gasteiger partial charge in [0.1, 0.15) is 0 Å². The minimum atomic E-state index is -0.843. The highest BCUT2D eigenvalue weighted by molar-refractivity contribution is 6.33. The zero-order chi connectivity index (χ0) is 20.8. The van der Waals surface area contributed by atoms with Crippen molar-refractivity contribution in [2.45, 2.75) is 5.79 Å². The molecule has 6 rings (SSSR count). The van der Waals surface area contributed by atoms with Crippen LogP contribution in [0.25, 0.3) is 22.3 Å². The maximum absolute atomic E-state index is 6.70. The zero-order valence-electron chi connectivity index (χ0n) is 16.8. The van der Waals surface area contributed by atoms with Gasteiger partial charge in [-0.2, -0.15) is 0 Å².